The maximum absolute atomic E-state index is 13.2. The highest BCUT2D eigenvalue weighted by Crippen LogP contribution is 2.34. The molecule has 2 aromatic carbocycles. The molecule has 2 aromatic rings. The Bertz CT molecular complexity index is 631. The zero-order valence-corrected chi connectivity index (χ0v) is 11.2. The molecule has 0 aromatic heterocycles. The van der Waals surface area contributed by atoms with Gasteiger partial charge in [-0.25, -0.2) is 4.39 Å². The highest BCUT2D eigenvalue weighted by molar-refractivity contribution is 7.79. The Kier molecular flexibility index (Phi) is 4.02. The Morgan fingerprint density at radius 2 is 1.78 bits per heavy atom. The Morgan fingerprint density at radius 1 is 1.06 bits per heavy atom. The molecule has 1 unspecified atom stereocenters. The van der Waals surface area contributed by atoms with Crippen molar-refractivity contribution in [2.75, 3.05) is 0 Å². The summed E-state index contributed by atoms with van der Waals surface area (Å²) in [6, 6.07) is 7.99. The van der Waals surface area contributed by atoms with E-state index in [0.29, 0.717) is 10.6 Å². The van der Waals surface area contributed by atoms with E-state index in [9.17, 15) is 13.2 Å². The zero-order chi connectivity index (χ0) is 13.3. The predicted molar refractivity (Wildman–Crippen MR) is 69.0 cm³/mol. The maximum atomic E-state index is 13.2. The second-order valence-corrected chi connectivity index (χ2v) is 5.25. The van der Waals surface area contributed by atoms with E-state index in [0.717, 1.165) is 12.1 Å². The quantitative estimate of drug-likeness (QED) is 0.786. The fourth-order valence-electron chi connectivity index (χ4n) is 1.57. The molecule has 0 amide bonds. The molecule has 0 aliphatic rings. The first kappa shape index (κ1) is 13.5. The number of rotatable bonds is 2. The molecule has 1 atom stereocenters. The van der Waals surface area contributed by atoms with Crippen molar-refractivity contribution in [3.8, 4) is 11.1 Å². The van der Waals surface area contributed by atoms with Gasteiger partial charge in [0.15, 0.2) is 0 Å². The molecule has 0 heterocycles. The van der Waals surface area contributed by atoms with Gasteiger partial charge in [-0.3, -0.25) is 4.21 Å². The lowest BCUT2D eigenvalue weighted by Crippen LogP contribution is -1.94. The summed E-state index contributed by atoms with van der Waals surface area (Å²) >= 11 is 9.27. The average molecular weight is 304 g/mol. The SMILES string of the molecule is O=S([O-])c1ccc(F)cc1-c1ccc(Cl)cc1Cl. The first-order valence-electron chi connectivity index (χ1n) is 4.83. The largest absolute Gasteiger partial charge is 0.768 e. The Hall–Kier alpha value is -0.940. The van der Waals surface area contributed by atoms with Gasteiger partial charge in [0.25, 0.3) is 0 Å². The topological polar surface area (TPSA) is 40.1 Å². The van der Waals surface area contributed by atoms with Gasteiger partial charge in [-0.2, -0.15) is 0 Å². The van der Waals surface area contributed by atoms with E-state index < -0.39 is 16.9 Å². The summed E-state index contributed by atoms with van der Waals surface area (Å²) in [5, 5.41) is 0.685. The van der Waals surface area contributed by atoms with Crippen molar-refractivity contribution in [3.05, 3.63) is 52.3 Å². The van der Waals surface area contributed by atoms with Crippen LogP contribution in [0.5, 0.6) is 0 Å². The van der Waals surface area contributed by atoms with Crippen LogP contribution in [0.25, 0.3) is 11.1 Å². The van der Waals surface area contributed by atoms with Crippen LogP contribution in [-0.4, -0.2) is 8.76 Å². The van der Waals surface area contributed by atoms with Gasteiger partial charge >= 0.3 is 0 Å². The van der Waals surface area contributed by atoms with Crippen molar-refractivity contribution in [1.82, 2.24) is 0 Å². The van der Waals surface area contributed by atoms with Gasteiger partial charge in [-0.05, 0) is 41.4 Å². The number of hydrogen-bond donors (Lipinski definition) is 0. The maximum Gasteiger partial charge on any atom is 0.123 e. The standard InChI is InChI=1S/C12H7Cl2FO2S/c13-7-1-3-9(11(14)5-7)10-6-8(15)2-4-12(10)18(16)17/h1-6H,(H,16,17)/p-1. The minimum absolute atomic E-state index is 0.0133. The van der Waals surface area contributed by atoms with Gasteiger partial charge < -0.3 is 4.55 Å². The van der Waals surface area contributed by atoms with Crippen LogP contribution < -0.4 is 0 Å². The molecular weight excluding hydrogens is 298 g/mol. The normalized spacial score (nSPS) is 12.4. The monoisotopic (exact) mass is 303 g/mol. The summed E-state index contributed by atoms with van der Waals surface area (Å²) in [6.07, 6.45) is 0. The molecule has 0 aliphatic carbocycles. The molecule has 18 heavy (non-hydrogen) atoms. The second kappa shape index (κ2) is 5.36. The molecule has 0 N–H and O–H groups in total. The van der Waals surface area contributed by atoms with Crippen molar-refractivity contribution in [2.45, 2.75) is 4.90 Å². The third-order valence-electron chi connectivity index (χ3n) is 2.34. The second-order valence-electron chi connectivity index (χ2n) is 3.50. The molecule has 0 bridgehead atoms. The summed E-state index contributed by atoms with van der Waals surface area (Å²) < 4.78 is 35.4. The highest BCUT2D eigenvalue weighted by atomic mass is 35.5. The summed E-state index contributed by atoms with van der Waals surface area (Å²) in [4.78, 5) is -0.0133. The van der Waals surface area contributed by atoms with Crippen LogP contribution in [0.2, 0.25) is 10.0 Å². The molecule has 0 fully saturated rings. The van der Waals surface area contributed by atoms with Crippen LogP contribution in [0, 0.1) is 5.82 Å². The number of benzene rings is 2. The fourth-order valence-corrected chi connectivity index (χ4v) is 2.60. The number of hydrogen-bond acceptors (Lipinski definition) is 2. The summed E-state index contributed by atoms with van der Waals surface area (Å²) in [5.74, 6) is -0.537. The van der Waals surface area contributed by atoms with Gasteiger partial charge in [-0.15, -0.1) is 0 Å². The third kappa shape index (κ3) is 2.72. The van der Waals surface area contributed by atoms with Crippen molar-refractivity contribution in [1.29, 1.82) is 0 Å². The van der Waals surface area contributed by atoms with Crippen LogP contribution in [0.3, 0.4) is 0 Å². The predicted octanol–water partition coefficient (Wildman–Crippen LogP) is 4.04. The number of halogens is 3. The van der Waals surface area contributed by atoms with E-state index in [1.165, 1.54) is 12.1 Å². The Morgan fingerprint density at radius 3 is 2.39 bits per heavy atom. The lowest BCUT2D eigenvalue weighted by Gasteiger charge is -2.13. The van der Waals surface area contributed by atoms with Crippen molar-refractivity contribution >= 4 is 34.3 Å². The van der Waals surface area contributed by atoms with Crippen LogP contribution in [0.4, 0.5) is 4.39 Å². The van der Waals surface area contributed by atoms with Crippen LogP contribution in [0.15, 0.2) is 41.3 Å². The van der Waals surface area contributed by atoms with Crippen molar-refractivity contribution < 1.29 is 13.2 Å². The van der Waals surface area contributed by atoms with Gasteiger partial charge in [-0.1, -0.05) is 29.3 Å². The van der Waals surface area contributed by atoms with E-state index >= 15 is 0 Å². The molecule has 0 saturated heterocycles. The first-order chi connectivity index (χ1) is 8.49. The highest BCUT2D eigenvalue weighted by Gasteiger charge is 2.11. The molecule has 0 aliphatic heterocycles. The van der Waals surface area contributed by atoms with Crippen molar-refractivity contribution in [2.24, 2.45) is 0 Å². The minimum atomic E-state index is -2.47. The summed E-state index contributed by atoms with van der Waals surface area (Å²) in [6.45, 7) is 0. The summed E-state index contributed by atoms with van der Waals surface area (Å²) in [7, 11) is 0. The van der Waals surface area contributed by atoms with Gasteiger partial charge in [0.1, 0.15) is 5.82 Å². The molecule has 6 heteroatoms. The van der Waals surface area contributed by atoms with Gasteiger partial charge in [0.05, 0.1) is 0 Å². The van der Waals surface area contributed by atoms with Gasteiger partial charge in [0, 0.05) is 26.1 Å². The molecule has 0 saturated carbocycles. The third-order valence-corrected chi connectivity index (χ3v) is 3.61. The minimum Gasteiger partial charge on any atom is -0.768 e. The molecule has 0 radical (unpaired) electrons. The first-order valence-corrected chi connectivity index (χ1v) is 6.66. The molecule has 94 valence electrons. The van der Waals surface area contributed by atoms with Crippen LogP contribution in [-0.2, 0) is 11.1 Å². The zero-order valence-electron chi connectivity index (χ0n) is 8.82. The van der Waals surface area contributed by atoms with E-state index in [4.69, 9.17) is 23.2 Å². The molecular formula is C12H6Cl2FO2S-. The van der Waals surface area contributed by atoms with Crippen LogP contribution >= 0.6 is 23.2 Å². The Balaban J connectivity index is 2.69. The van der Waals surface area contributed by atoms with E-state index in [1.807, 2.05) is 0 Å². The van der Waals surface area contributed by atoms with E-state index in [-0.39, 0.29) is 15.5 Å². The Labute approximate surface area is 116 Å². The van der Waals surface area contributed by atoms with Crippen molar-refractivity contribution in [3.63, 3.8) is 0 Å². The van der Waals surface area contributed by atoms with Gasteiger partial charge in [0.2, 0.25) is 0 Å². The molecule has 2 nitrogen and oxygen atoms in total. The fraction of sp³-hybridized carbons (Fsp3) is 0. The lowest BCUT2D eigenvalue weighted by atomic mass is 10.1. The molecule has 0 spiro atoms. The van der Waals surface area contributed by atoms with E-state index in [1.54, 1.807) is 12.1 Å². The lowest BCUT2D eigenvalue weighted by molar-refractivity contribution is 0.537. The van der Waals surface area contributed by atoms with E-state index in [2.05, 4.69) is 0 Å². The molecule has 2 rings (SSSR count). The van der Waals surface area contributed by atoms with Crippen LogP contribution in [0.1, 0.15) is 0 Å². The smallest absolute Gasteiger partial charge is 0.123 e. The summed E-state index contributed by atoms with van der Waals surface area (Å²) in [5.41, 5.74) is 0.629. The average Bonchev–Trinajstić information content (AvgIpc) is 2.28.